The topological polar surface area (TPSA) is 54.0 Å². The average Bonchev–Trinajstić information content (AvgIpc) is 3.02. The highest BCUT2D eigenvalue weighted by molar-refractivity contribution is 6.08. The van der Waals surface area contributed by atoms with E-state index in [4.69, 9.17) is 9.47 Å². The van der Waals surface area contributed by atoms with Crippen molar-refractivity contribution in [3.63, 3.8) is 0 Å². The number of rotatable bonds is 4. The Kier molecular flexibility index (Phi) is 5.39. The molecule has 0 radical (unpaired) electrons. The number of amides is 1. The van der Waals surface area contributed by atoms with Crippen LogP contribution in [0.3, 0.4) is 0 Å². The van der Waals surface area contributed by atoms with Crippen LogP contribution in [0.4, 0.5) is 11.4 Å². The first-order valence-corrected chi connectivity index (χ1v) is 9.84. The number of fused-ring (bicyclic) bond motifs is 1. The lowest BCUT2D eigenvalue weighted by atomic mass is 9.98. The Morgan fingerprint density at radius 1 is 0.964 bits per heavy atom. The van der Waals surface area contributed by atoms with Crippen molar-refractivity contribution in [2.24, 2.45) is 0 Å². The van der Waals surface area contributed by atoms with Gasteiger partial charge in [0.05, 0.1) is 19.9 Å². The van der Waals surface area contributed by atoms with E-state index >= 15 is 0 Å². The van der Waals surface area contributed by atoms with Crippen LogP contribution in [0.2, 0.25) is 0 Å². The molecule has 2 heterocycles. The van der Waals surface area contributed by atoms with Gasteiger partial charge in [-0.1, -0.05) is 0 Å². The van der Waals surface area contributed by atoms with Gasteiger partial charge in [-0.05, 0) is 55.3 Å². The monoisotopic (exact) mass is 381 g/mol. The highest BCUT2D eigenvalue weighted by atomic mass is 16.5. The van der Waals surface area contributed by atoms with Crippen LogP contribution in [0.15, 0.2) is 36.4 Å². The molecular weight excluding hydrogens is 354 g/mol. The summed E-state index contributed by atoms with van der Waals surface area (Å²) in [5.74, 6) is 1.63. The first-order valence-electron chi connectivity index (χ1n) is 9.84. The van der Waals surface area contributed by atoms with E-state index in [0.29, 0.717) is 6.54 Å². The summed E-state index contributed by atoms with van der Waals surface area (Å²) in [6, 6.07) is 11.8. The van der Waals surface area contributed by atoms with Gasteiger partial charge < -0.3 is 24.6 Å². The average molecular weight is 381 g/mol. The maximum atomic E-state index is 13.1. The van der Waals surface area contributed by atoms with Gasteiger partial charge in [-0.25, -0.2) is 0 Å². The molecule has 28 heavy (non-hydrogen) atoms. The Bertz CT molecular complexity index is 860. The third kappa shape index (κ3) is 3.52. The molecule has 1 fully saturated rings. The Hall–Kier alpha value is -2.73. The molecular formula is C22H27N3O3. The molecule has 2 aliphatic heterocycles. The molecule has 1 saturated heterocycles. The first-order chi connectivity index (χ1) is 13.7. The van der Waals surface area contributed by atoms with Gasteiger partial charge in [0.15, 0.2) is 0 Å². The number of ether oxygens (including phenoxy) is 2. The Morgan fingerprint density at radius 2 is 1.86 bits per heavy atom. The Labute approximate surface area is 166 Å². The summed E-state index contributed by atoms with van der Waals surface area (Å²) in [7, 11) is 3.34. The highest BCUT2D eigenvalue weighted by Gasteiger charge is 2.27. The summed E-state index contributed by atoms with van der Waals surface area (Å²) in [5, 5.41) is 3.43. The lowest BCUT2D eigenvalue weighted by Gasteiger charge is -2.30. The largest absolute Gasteiger partial charge is 0.497 e. The zero-order chi connectivity index (χ0) is 19.5. The van der Waals surface area contributed by atoms with Gasteiger partial charge in [0.25, 0.3) is 5.91 Å². The number of anilines is 2. The molecule has 2 aromatic rings. The van der Waals surface area contributed by atoms with Crippen LogP contribution in [-0.4, -0.2) is 52.9 Å². The second kappa shape index (κ2) is 8.10. The highest BCUT2D eigenvalue weighted by Crippen LogP contribution is 2.35. The number of benzene rings is 2. The van der Waals surface area contributed by atoms with E-state index in [0.717, 1.165) is 73.0 Å². The van der Waals surface area contributed by atoms with E-state index in [2.05, 4.69) is 16.3 Å². The minimum absolute atomic E-state index is 0.0256. The Balaban J connectivity index is 1.61. The zero-order valence-corrected chi connectivity index (χ0v) is 16.5. The summed E-state index contributed by atoms with van der Waals surface area (Å²) in [4.78, 5) is 17.3. The molecule has 4 rings (SSSR count). The molecule has 148 valence electrons. The molecule has 1 amide bonds. The van der Waals surface area contributed by atoms with E-state index in [1.54, 1.807) is 14.2 Å². The minimum atomic E-state index is 0.0256. The molecule has 0 spiro atoms. The number of hydrogen-bond donors (Lipinski definition) is 1. The number of carbonyl (C=O) groups is 1. The zero-order valence-electron chi connectivity index (χ0n) is 16.5. The van der Waals surface area contributed by atoms with E-state index in [1.165, 1.54) is 0 Å². The van der Waals surface area contributed by atoms with Crippen LogP contribution in [0.1, 0.15) is 22.3 Å². The molecule has 0 bridgehead atoms. The molecule has 0 atom stereocenters. The second-order valence-electron chi connectivity index (χ2n) is 7.18. The number of nitrogens with one attached hydrogen (secondary N) is 1. The molecule has 0 unspecified atom stereocenters. The standard InChI is InChI=1S/C22H27N3O3/c1-27-18-5-6-19-16(14-18)8-12-25(22(19)26)17-4-7-20(21(15-17)28-2)24-11-3-9-23-10-13-24/h4-7,14-15,23H,3,8-13H2,1-2H3. The van der Waals surface area contributed by atoms with Gasteiger partial charge in [-0.2, -0.15) is 0 Å². The fourth-order valence-electron chi connectivity index (χ4n) is 4.02. The lowest BCUT2D eigenvalue weighted by molar-refractivity contribution is 0.0980. The van der Waals surface area contributed by atoms with Crippen LogP contribution >= 0.6 is 0 Å². The number of nitrogens with zero attached hydrogens (tertiary/aromatic N) is 2. The molecule has 0 saturated carbocycles. The van der Waals surface area contributed by atoms with Crippen LogP contribution in [0.5, 0.6) is 11.5 Å². The van der Waals surface area contributed by atoms with Gasteiger partial charge in [0, 0.05) is 43.5 Å². The van der Waals surface area contributed by atoms with Crippen molar-refractivity contribution < 1.29 is 14.3 Å². The fraction of sp³-hybridized carbons (Fsp3) is 0.409. The van der Waals surface area contributed by atoms with Crippen molar-refractivity contribution in [1.82, 2.24) is 5.32 Å². The predicted octanol–water partition coefficient (Wildman–Crippen LogP) is 2.71. The summed E-state index contributed by atoms with van der Waals surface area (Å²) >= 11 is 0. The van der Waals surface area contributed by atoms with Crippen molar-refractivity contribution >= 4 is 17.3 Å². The lowest BCUT2D eigenvalue weighted by Crippen LogP contribution is -2.37. The van der Waals surface area contributed by atoms with Crippen molar-refractivity contribution in [2.45, 2.75) is 12.8 Å². The number of methoxy groups -OCH3 is 2. The van der Waals surface area contributed by atoms with Crippen LogP contribution in [-0.2, 0) is 6.42 Å². The Morgan fingerprint density at radius 3 is 2.68 bits per heavy atom. The summed E-state index contributed by atoms with van der Waals surface area (Å²) in [6.07, 6.45) is 1.91. The first kappa shape index (κ1) is 18.6. The van der Waals surface area contributed by atoms with E-state index in [1.807, 2.05) is 35.2 Å². The fourth-order valence-corrected chi connectivity index (χ4v) is 4.02. The second-order valence-corrected chi connectivity index (χ2v) is 7.18. The molecule has 0 aliphatic carbocycles. The number of carbonyl (C=O) groups excluding carboxylic acids is 1. The third-order valence-corrected chi connectivity index (χ3v) is 5.55. The summed E-state index contributed by atoms with van der Waals surface area (Å²) in [6.45, 7) is 4.61. The quantitative estimate of drug-likeness (QED) is 0.883. The minimum Gasteiger partial charge on any atom is -0.497 e. The normalized spacial score (nSPS) is 17.1. The smallest absolute Gasteiger partial charge is 0.258 e. The predicted molar refractivity (Wildman–Crippen MR) is 111 cm³/mol. The van der Waals surface area contributed by atoms with E-state index in [-0.39, 0.29) is 5.91 Å². The van der Waals surface area contributed by atoms with Gasteiger partial charge in [-0.15, -0.1) is 0 Å². The van der Waals surface area contributed by atoms with E-state index < -0.39 is 0 Å². The van der Waals surface area contributed by atoms with Gasteiger partial charge in [0.1, 0.15) is 11.5 Å². The molecule has 2 aromatic carbocycles. The summed E-state index contributed by atoms with van der Waals surface area (Å²) in [5.41, 5.74) is 3.75. The summed E-state index contributed by atoms with van der Waals surface area (Å²) < 4.78 is 11.0. The molecule has 6 nitrogen and oxygen atoms in total. The van der Waals surface area contributed by atoms with Gasteiger partial charge in [0.2, 0.25) is 0 Å². The number of hydrogen-bond acceptors (Lipinski definition) is 5. The van der Waals surface area contributed by atoms with Gasteiger partial charge in [-0.3, -0.25) is 4.79 Å². The SMILES string of the molecule is COc1ccc2c(c1)CCN(c1ccc(N3CCCNCC3)c(OC)c1)C2=O. The molecule has 0 aromatic heterocycles. The van der Waals surface area contributed by atoms with Crippen LogP contribution in [0, 0.1) is 0 Å². The van der Waals surface area contributed by atoms with Crippen molar-refractivity contribution in [3.05, 3.63) is 47.5 Å². The van der Waals surface area contributed by atoms with Gasteiger partial charge >= 0.3 is 0 Å². The maximum absolute atomic E-state index is 13.1. The maximum Gasteiger partial charge on any atom is 0.258 e. The molecule has 1 N–H and O–H groups in total. The van der Waals surface area contributed by atoms with Crippen LogP contribution < -0.4 is 24.6 Å². The molecule has 2 aliphatic rings. The van der Waals surface area contributed by atoms with Crippen molar-refractivity contribution in [3.8, 4) is 11.5 Å². The van der Waals surface area contributed by atoms with Crippen molar-refractivity contribution in [1.29, 1.82) is 0 Å². The van der Waals surface area contributed by atoms with Crippen LogP contribution in [0.25, 0.3) is 0 Å². The van der Waals surface area contributed by atoms with E-state index in [9.17, 15) is 4.79 Å². The van der Waals surface area contributed by atoms with Crippen molar-refractivity contribution in [2.75, 3.05) is 56.7 Å². The third-order valence-electron chi connectivity index (χ3n) is 5.55. The molecule has 6 heteroatoms.